The van der Waals surface area contributed by atoms with Gasteiger partial charge in [-0.25, -0.2) is 0 Å². The average Bonchev–Trinajstić information content (AvgIpc) is 2.53. The molecule has 1 N–H and O–H groups in total. The molecule has 0 aliphatic heterocycles. The van der Waals surface area contributed by atoms with Gasteiger partial charge in [0.1, 0.15) is 11.6 Å². The van der Waals surface area contributed by atoms with Gasteiger partial charge in [0.25, 0.3) is 5.91 Å². The maximum absolute atomic E-state index is 11.5. The number of benzene rings is 1. The number of carbonyl (C=O) groups excluding carboxylic acids is 1. The van der Waals surface area contributed by atoms with Crippen molar-refractivity contribution in [2.45, 2.75) is 0 Å². The van der Waals surface area contributed by atoms with Crippen LogP contribution in [0.1, 0.15) is 5.56 Å². The number of carbonyl (C=O) groups is 1. The second-order valence-corrected chi connectivity index (χ2v) is 4.11. The third kappa shape index (κ3) is 3.09. The van der Waals surface area contributed by atoms with Crippen LogP contribution < -0.4 is 5.32 Å². The summed E-state index contributed by atoms with van der Waals surface area (Å²) in [5, 5.41) is 11.4. The molecule has 0 fully saturated rings. The predicted molar refractivity (Wildman–Crippen MR) is 77.3 cm³/mol. The standard InChI is InChI=1S/C16H13N3O/c1-18-16(20)15(11-17)10-12-3-2-4-14(9-12)13-5-7-19-8-6-13/h2-10H,1H3,(H,18,20)/b15-10+. The van der Waals surface area contributed by atoms with Crippen molar-refractivity contribution in [1.82, 2.24) is 10.3 Å². The number of pyridine rings is 1. The molecule has 0 atom stereocenters. The molecule has 0 radical (unpaired) electrons. The molecule has 0 aliphatic rings. The molecule has 1 heterocycles. The molecule has 1 aromatic heterocycles. The Morgan fingerprint density at radius 2 is 2.00 bits per heavy atom. The zero-order chi connectivity index (χ0) is 14.4. The average molecular weight is 263 g/mol. The fourth-order valence-electron chi connectivity index (χ4n) is 1.80. The number of hydrogen-bond donors (Lipinski definition) is 1. The molecule has 98 valence electrons. The van der Waals surface area contributed by atoms with Crippen molar-refractivity contribution >= 4 is 12.0 Å². The molecule has 20 heavy (non-hydrogen) atoms. The molecule has 0 spiro atoms. The fraction of sp³-hybridized carbons (Fsp3) is 0.0625. The minimum absolute atomic E-state index is 0.0828. The third-order valence-electron chi connectivity index (χ3n) is 2.80. The maximum Gasteiger partial charge on any atom is 0.261 e. The number of nitrogens with one attached hydrogen (secondary N) is 1. The molecule has 4 heteroatoms. The van der Waals surface area contributed by atoms with Crippen molar-refractivity contribution < 1.29 is 4.79 Å². The summed E-state index contributed by atoms with van der Waals surface area (Å²) in [5.74, 6) is -0.387. The van der Waals surface area contributed by atoms with Gasteiger partial charge in [0.05, 0.1) is 0 Å². The van der Waals surface area contributed by atoms with Gasteiger partial charge >= 0.3 is 0 Å². The van der Waals surface area contributed by atoms with Crippen LogP contribution in [0.4, 0.5) is 0 Å². The highest BCUT2D eigenvalue weighted by Gasteiger charge is 2.06. The summed E-state index contributed by atoms with van der Waals surface area (Å²) < 4.78 is 0. The first kappa shape index (κ1) is 13.5. The van der Waals surface area contributed by atoms with E-state index in [4.69, 9.17) is 5.26 Å². The Morgan fingerprint density at radius 1 is 1.25 bits per heavy atom. The molecule has 1 aromatic carbocycles. The topological polar surface area (TPSA) is 65.8 Å². The van der Waals surface area contributed by atoms with Crippen molar-refractivity contribution in [3.8, 4) is 17.2 Å². The summed E-state index contributed by atoms with van der Waals surface area (Å²) in [6, 6.07) is 13.4. The van der Waals surface area contributed by atoms with Crippen LogP contribution in [-0.2, 0) is 4.79 Å². The van der Waals surface area contributed by atoms with Crippen LogP contribution in [0.15, 0.2) is 54.4 Å². The summed E-state index contributed by atoms with van der Waals surface area (Å²) >= 11 is 0. The summed E-state index contributed by atoms with van der Waals surface area (Å²) in [6.45, 7) is 0. The second kappa shape index (κ2) is 6.30. The molecular weight excluding hydrogens is 250 g/mol. The third-order valence-corrected chi connectivity index (χ3v) is 2.80. The lowest BCUT2D eigenvalue weighted by Crippen LogP contribution is -2.19. The number of nitrogens with zero attached hydrogens (tertiary/aromatic N) is 2. The zero-order valence-electron chi connectivity index (χ0n) is 11.0. The van der Waals surface area contributed by atoms with Gasteiger partial charge in [-0.2, -0.15) is 5.26 Å². The Labute approximate surface area is 117 Å². The van der Waals surface area contributed by atoms with Crippen molar-refractivity contribution in [3.05, 3.63) is 59.9 Å². The van der Waals surface area contributed by atoms with Crippen LogP contribution in [0.5, 0.6) is 0 Å². The van der Waals surface area contributed by atoms with E-state index in [0.29, 0.717) is 0 Å². The Hall–Kier alpha value is -2.93. The molecule has 2 aromatic rings. The van der Waals surface area contributed by atoms with E-state index in [1.807, 2.05) is 42.5 Å². The molecule has 1 amide bonds. The largest absolute Gasteiger partial charge is 0.354 e. The van der Waals surface area contributed by atoms with E-state index in [1.54, 1.807) is 18.5 Å². The second-order valence-electron chi connectivity index (χ2n) is 4.11. The Morgan fingerprint density at radius 3 is 2.65 bits per heavy atom. The van der Waals surface area contributed by atoms with Crippen LogP contribution >= 0.6 is 0 Å². The molecule has 0 saturated carbocycles. The van der Waals surface area contributed by atoms with Crippen molar-refractivity contribution in [1.29, 1.82) is 5.26 Å². The minimum atomic E-state index is -0.387. The highest BCUT2D eigenvalue weighted by molar-refractivity contribution is 6.01. The summed E-state index contributed by atoms with van der Waals surface area (Å²) in [4.78, 5) is 15.5. The van der Waals surface area contributed by atoms with Gasteiger partial charge < -0.3 is 5.32 Å². The summed E-state index contributed by atoms with van der Waals surface area (Å²) in [7, 11) is 1.50. The highest BCUT2D eigenvalue weighted by atomic mass is 16.1. The number of rotatable bonds is 3. The van der Waals surface area contributed by atoms with Gasteiger partial charge in [-0.15, -0.1) is 0 Å². The lowest BCUT2D eigenvalue weighted by atomic mass is 10.0. The minimum Gasteiger partial charge on any atom is -0.354 e. The lowest BCUT2D eigenvalue weighted by Gasteiger charge is -2.03. The van der Waals surface area contributed by atoms with Gasteiger partial charge in [0.15, 0.2) is 0 Å². The maximum atomic E-state index is 11.5. The van der Waals surface area contributed by atoms with Crippen molar-refractivity contribution in [3.63, 3.8) is 0 Å². The first-order chi connectivity index (χ1) is 9.74. The normalized spacial score (nSPS) is 10.7. The van der Waals surface area contributed by atoms with Gasteiger partial charge in [-0.1, -0.05) is 18.2 Å². The number of nitriles is 1. The molecular formula is C16H13N3O. The lowest BCUT2D eigenvalue weighted by molar-refractivity contribution is -0.116. The van der Waals surface area contributed by atoms with E-state index in [2.05, 4.69) is 10.3 Å². The zero-order valence-corrected chi connectivity index (χ0v) is 11.0. The van der Waals surface area contributed by atoms with E-state index in [-0.39, 0.29) is 11.5 Å². The molecule has 0 unspecified atom stereocenters. The van der Waals surface area contributed by atoms with E-state index in [9.17, 15) is 4.79 Å². The first-order valence-corrected chi connectivity index (χ1v) is 6.09. The number of likely N-dealkylation sites (N-methyl/N-ethyl adjacent to an activating group) is 1. The Kier molecular flexibility index (Phi) is 4.25. The van der Waals surface area contributed by atoms with Crippen LogP contribution in [-0.4, -0.2) is 17.9 Å². The summed E-state index contributed by atoms with van der Waals surface area (Å²) in [5.41, 5.74) is 2.93. The molecule has 2 rings (SSSR count). The quantitative estimate of drug-likeness (QED) is 0.683. The number of amides is 1. The SMILES string of the molecule is CNC(=O)/C(C#N)=C/c1cccc(-c2ccncc2)c1. The number of hydrogen-bond acceptors (Lipinski definition) is 3. The van der Waals surface area contributed by atoms with E-state index in [1.165, 1.54) is 7.05 Å². The summed E-state index contributed by atoms with van der Waals surface area (Å²) in [6.07, 6.45) is 5.02. The van der Waals surface area contributed by atoms with Crippen LogP contribution in [0.25, 0.3) is 17.2 Å². The van der Waals surface area contributed by atoms with E-state index < -0.39 is 0 Å². The Bertz CT molecular complexity index is 684. The van der Waals surface area contributed by atoms with Gasteiger partial charge in [0.2, 0.25) is 0 Å². The fourth-order valence-corrected chi connectivity index (χ4v) is 1.80. The molecule has 0 aliphatic carbocycles. The van der Waals surface area contributed by atoms with Gasteiger partial charge in [-0.05, 0) is 41.0 Å². The predicted octanol–water partition coefficient (Wildman–Crippen LogP) is 2.40. The van der Waals surface area contributed by atoms with Crippen LogP contribution in [0.3, 0.4) is 0 Å². The highest BCUT2D eigenvalue weighted by Crippen LogP contribution is 2.20. The van der Waals surface area contributed by atoms with Crippen LogP contribution in [0, 0.1) is 11.3 Å². The molecule has 4 nitrogen and oxygen atoms in total. The number of aromatic nitrogens is 1. The van der Waals surface area contributed by atoms with E-state index >= 15 is 0 Å². The molecule has 0 saturated heterocycles. The van der Waals surface area contributed by atoms with Gasteiger partial charge in [0, 0.05) is 19.4 Å². The van der Waals surface area contributed by atoms with Crippen molar-refractivity contribution in [2.24, 2.45) is 0 Å². The monoisotopic (exact) mass is 263 g/mol. The smallest absolute Gasteiger partial charge is 0.261 e. The van der Waals surface area contributed by atoms with Crippen LogP contribution in [0.2, 0.25) is 0 Å². The Balaban J connectivity index is 2.38. The van der Waals surface area contributed by atoms with Crippen molar-refractivity contribution in [2.75, 3.05) is 7.05 Å². The first-order valence-electron chi connectivity index (χ1n) is 6.09. The van der Waals surface area contributed by atoms with E-state index in [0.717, 1.165) is 16.7 Å². The molecule has 0 bridgehead atoms. The van der Waals surface area contributed by atoms with Gasteiger partial charge in [-0.3, -0.25) is 9.78 Å².